The highest BCUT2D eigenvalue weighted by molar-refractivity contribution is 5.97. The zero-order valence-electron chi connectivity index (χ0n) is 18.7. The molecule has 1 saturated heterocycles. The Morgan fingerprint density at radius 1 is 1.13 bits per heavy atom. The van der Waals surface area contributed by atoms with Gasteiger partial charge in [0.05, 0.1) is 35.9 Å². The van der Waals surface area contributed by atoms with Crippen molar-refractivity contribution in [3.8, 4) is 11.8 Å². The van der Waals surface area contributed by atoms with Crippen molar-refractivity contribution < 1.29 is 23.8 Å². The predicted octanol–water partition coefficient (Wildman–Crippen LogP) is 2.07. The lowest BCUT2D eigenvalue weighted by molar-refractivity contribution is -0.152. The average Bonchev–Trinajstić information content (AvgIpc) is 2.77. The lowest BCUT2D eigenvalue weighted by Gasteiger charge is -2.38. The number of nitriles is 1. The molecule has 2 amide bonds. The molecule has 3 rings (SSSR count). The minimum Gasteiger partial charge on any atom is -0.491 e. The summed E-state index contributed by atoms with van der Waals surface area (Å²) in [6.45, 7) is 2.81. The van der Waals surface area contributed by atoms with Crippen LogP contribution in [0.2, 0.25) is 0 Å². The molecule has 0 N–H and O–H groups in total. The molecule has 31 heavy (non-hydrogen) atoms. The maximum Gasteiger partial charge on any atom is 0.257 e. The third-order valence-corrected chi connectivity index (χ3v) is 6.06. The normalized spacial score (nSPS) is 28.1. The van der Waals surface area contributed by atoms with Crippen LogP contribution in [0.25, 0.3) is 0 Å². The van der Waals surface area contributed by atoms with Crippen LogP contribution in [0.3, 0.4) is 0 Å². The maximum absolute atomic E-state index is 13.1. The second-order valence-electron chi connectivity index (χ2n) is 8.38. The standard InChI is InChI=1S/C23H31N3O5/c1-15-13-25(2)23(28)18-7-5-6-16(12-24)21(18)30-11-10-17-8-9-19(29-4)20(31-17)14-26(3)22(15)27/h5-7,15,17,19-20H,8-11,13-14H2,1-4H3/t15-,17-,19+,20+/m0/s1. The van der Waals surface area contributed by atoms with Crippen molar-refractivity contribution >= 4 is 11.8 Å². The van der Waals surface area contributed by atoms with Crippen LogP contribution in [0, 0.1) is 17.2 Å². The van der Waals surface area contributed by atoms with Gasteiger partial charge in [0.15, 0.2) is 0 Å². The van der Waals surface area contributed by atoms with Crippen molar-refractivity contribution in [1.82, 2.24) is 9.80 Å². The molecule has 1 fully saturated rings. The lowest BCUT2D eigenvalue weighted by atomic mass is 9.98. The third-order valence-electron chi connectivity index (χ3n) is 6.06. The summed E-state index contributed by atoms with van der Waals surface area (Å²) in [6.07, 6.45) is 1.93. The van der Waals surface area contributed by atoms with E-state index in [1.807, 2.05) is 6.92 Å². The molecule has 0 unspecified atom stereocenters. The molecule has 8 heteroatoms. The molecular weight excluding hydrogens is 398 g/mol. The maximum atomic E-state index is 13.1. The fraction of sp³-hybridized carbons (Fsp3) is 0.609. The Morgan fingerprint density at radius 2 is 1.90 bits per heavy atom. The average molecular weight is 430 g/mol. The number of para-hydroxylation sites is 1. The van der Waals surface area contributed by atoms with Gasteiger partial charge in [-0.3, -0.25) is 9.59 Å². The van der Waals surface area contributed by atoms with Gasteiger partial charge in [-0.2, -0.15) is 5.26 Å². The number of likely N-dealkylation sites (N-methyl/N-ethyl adjacent to an activating group) is 1. The first-order valence-electron chi connectivity index (χ1n) is 10.7. The third kappa shape index (κ3) is 5.17. The molecule has 0 spiro atoms. The fourth-order valence-corrected chi connectivity index (χ4v) is 4.34. The number of nitrogens with zero attached hydrogens (tertiary/aromatic N) is 3. The Labute approximate surface area is 183 Å². The molecule has 0 aromatic heterocycles. The molecule has 0 radical (unpaired) electrons. The number of carbonyl (C=O) groups excluding carboxylic acids is 2. The monoisotopic (exact) mass is 429 g/mol. The van der Waals surface area contributed by atoms with E-state index >= 15 is 0 Å². The Morgan fingerprint density at radius 3 is 2.61 bits per heavy atom. The molecule has 0 saturated carbocycles. The Kier molecular flexibility index (Phi) is 7.52. The van der Waals surface area contributed by atoms with Crippen molar-refractivity contribution in [1.29, 1.82) is 5.26 Å². The summed E-state index contributed by atoms with van der Waals surface area (Å²) in [7, 11) is 5.08. The second-order valence-corrected chi connectivity index (χ2v) is 8.38. The molecule has 0 aliphatic carbocycles. The van der Waals surface area contributed by atoms with E-state index in [4.69, 9.17) is 14.2 Å². The molecule has 2 bridgehead atoms. The molecule has 168 valence electrons. The number of methoxy groups -OCH3 is 1. The number of fused-ring (bicyclic) bond motifs is 3. The highest BCUT2D eigenvalue weighted by Gasteiger charge is 2.34. The van der Waals surface area contributed by atoms with E-state index in [9.17, 15) is 14.9 Å². The first-order valence-corrected chi connectivity index (χ1v) is 10.7. The van der Waals surface area contributed by atoms with E-state index in [0.29, 0.717) is 30.7 Å². The van der Waals surface area contributed by atoms with Gasteiger partial charge in [0, 0.05) is 40.7 Å². The summed E-state index contributed by atoms with van der Waals surface area (Å²) in [4.78, 5) is 29.2. The molecule has 4 atom stereocenters. The van der Waals surface area contributed by atoms with Crippen LogP contribution in [0.1, 0.15) is 42.1 Å². The molecule has 2 aliphatic rings. The topological polar surface area (TPSA) is 92.1 Å². The van der Waals surface area contributed by atoms with Gasteiger partial charge in [-0.25, -0.2) is 0 Å². The van der Waals surface area contributed by atoms with E-state index in [0.717, 1.165) is 12.8 Å². The summed E-state index contributed by atoms with van der Waals surface area (Å²) in [5.41, 5.74) is 0.639. The number of rotatable bonds is 1. The second kappa shape index (κ2) is 10.1. The van der Waals surface area contributed by atoms with E-state index < -0.39 is 5.92 Å². The van der Waals surface area contributed by atoms with Gasteiger partial charge in [-0.15, -0.1) is 0 Å². The first kappa shape index (κ1) is 23.0. The van der Waals surface area contributed by atoms with E-state index in [1.165, 1.54) is 4.90 Å². The minimum absolute atomic E-state index is 0.0430. The molecule has 2 heterocycles. The van der Waals surface area contributed by atoms with Crippen LogP contribution in [0.15, 0.2) is 18.2 Å². The van der Waals surface area contributed by atoms with Crippen LogP contribution < -0.4 is 4.74 Å². The van der Waals surface area contributed by atoms with Crippen molar-refractivity contribution in [2.45, 2.75) is 44.5 Å². The molecule has 1 aromatic rings. The SMILES string of the molecule is CO[C@@H]1CC[C@H]2CCOc3c(C#N)cccc3C(=O)N(C)C[C@H](C)C(=O)N(C)C[C@H]1O2. The number of benzene rings is 1. The zero-order valence-corrected chi connectivity index (χ0v) is 18.7. The van der Waals surface area contributed by atoms with Gasteiger partial charge in [-0.1, -0.05) is 13.0 Å². The predicted molar refractivity (Wildman–Crippen MR) is 114 cm³/mol. The zero-order chi connectivity index (χ0) is 22.5. The molecule has 1 aromatic carbocycles. The van der Waals surface area contributed by atoms with Crippen molar-refractivity contribution in [2.75, 3.05) is 40.9 Å². The summed E-state index contributed by atoms with van der Waals surface area (Å²) in [5.74, 6) is -0.445. The number of carbonyl (C=O) groups is 2. The van der Waals surface area contributed by atoms with Gasteiger partial charge < -0.3 is 24.0 Å². The Hall–Kier alpha value is -2.63. The van der Waals surface area contributed by atoms with Crippen LogP contribution in [-0.2, 0) is 14.3 Å². The lowest BCUT2D eigenvalue weighted by Crippen LogP contribution is -2.49. The van der Waals surface area contributed by atoms with Crippen LogP contribution in [-0.4, -0.2) is 80.8 Å². The number of ether oxygens (including phenoxy) is 3. The van der Waals surface area contributed by atoms with Crippen molar-refractivity contribution in [3.05, 3.63) is 29.3 Å². The van der Waals surface area contributed by atoms with Crippen LogP contribution in [0.5, 0.6) is 5.75 Å². The summed E-state index contributed by atoms with van der Waals surface area (Å²) < 4.78 is 17.8. The first-order chi connectivity index (χ1) is 14.8. The van der Waals surface area contributed by atoms with Gasteiger partial charge >= 0.3 is 0 Å². The van der Waals surface area contributed by atoms with Crippen LogP contribution >= 0.6 is 0 Å². The van der Waals surface area contributed by atoms with Crippen molar-refractivity contribution in [3.63, 3.8) is 0 Å². The van der Waals surface area contributed by atoms with Gasteiger partial charge in [-0.05, 0) is 25.0 Å². The summed E-state index contributed by atoms with van der Waals surface area (Å²) in [6, 6.07) is 7.07. The van der Waals surface area contributed by atoms with E-state index in [1.54, 1.807) is 44.3 Å². The number of hydrogen-bond acceptors (Lipinski definition) is 6. The summed E-state index contributed by atoms with van der Waals surface area (Å²) >= 11 is 0. The smallest absolute Gasteiger partial charge is 0.257 e. The fourth-order valence-electron chi connectivity index (χ4n) is 4.34. The Bertz CT molecular complexity index is 852. The summed E-state index contributed by atoms with van der Waals surface area (Å²) in [5, 5.41) is 9.51. The van der Waals surface area contributed by atoms with Crippen LogP contribution in [0.4, 0.5) is 0 Å². The number of hydrogen-bond donors (Lipinski definition) is 0. The van der Waals surface area contributed by atoms with Crippen molar-refractivity contribution in [2.24, 2.45) is 5.92 Å². The highest BCUT2D eigenvalue weighted by atomic mass is 16.5. The van der Waals surface area contributed by atoms with E-state index in [-0.39, 0.29) is 42.4 Å². The largest absolute Gasteiger partial charge is 0.491 e. The minimum atomic E-state index is -0.395. The molecule has 8 nitrogen and oxygen atoms in total. The molecular formula is C23H31N3O5. The van der Waals surface area contributed by atoms with Gasteiger partial charge in [0.2, 0.25) is 5.91 Å². The number of amides is 2. The molecule has 2 aliphatic heterocycles. The quantitative estimate of drug-likeness (QED) is 0.679. The van der Waals surface area contributed by atoms with Gasteiger partial charge in [0.25, 0.3) is 5.91 Å². The van der Waals surface area contributed by atoms with E-state index in [2.05, 4.69) is 6.07 Å². The highest BCUT2D eigenvalue weighted by Crippen LogP contribution is 2.28. The van der Waals surface area contributed by atoms with Gasteiger partial charge in [0.1, 0.15) is 17.9 Å². The Balaban J connectivity index is 1.92.